The maximum absolute atomic E-state index is 13.5. The summed E-state index contributed by atoms with van der Waals surface area (Å²) in [6.07, 6.45) is 1.13. The number of Topliss-reactive ketones (excluding diaryl/α,β-unsaturated/α-hetero) is 1. The highest BCUT2D eigenvalue weighted by atomic mass is 19.3. The molecular formula is C31H51F4N5O9. The first-order chi connectivity index (χ1) is 23.0. The van der Waals surface area contributed by atoms with E-state index in [0.29, 0.717) is 39.1 Å². The van der Waals surface area contributed by atoms with Crippen molar-refractivity contribution in [1.82, 2.24) is 26.2 Å². The lowest BCUT2D eigenvalue weighted by molar-refractivity contribution is -0.150. The predicted octanol–water partition coefficient (Wildman–Crippen LogP) is 0.967. The number of hydrogen-bond donors (Lipinski definition) is 4. The Labute approximate surface area is 284 Å². The third kappa shape index (κ3) is 16.1. The maximum Gasteiger partial charge on any atom is 0.345 e. The number of epoxide rings is 1. The fraction of sp³-hybridized carbons (Fsp3) is 0.839. The van der Waals surface area contributed by atoms with Gasteiger partial charge in [-0.15, -0.1) is 0 Å². The maximum atomic E-state index is 13.5. The number of carbonyl (C=O) groups excluding carboxylic acids is 5. The van der Waals surface area contributed by atoms with Gasteiger partial charge >= 0.3 is 13.2 Å². The van der Waals surface area contributed by atoms with E-state index in [4.69, 9.17) is 9.47 Å². The minimum atomic E-state index is -3.29. The van der Waals surface area contributed by atoms with Gasteiger partial charge in [0.05, 0.1) is 45.6 Å². The van der Waals surface area contributed by atoms with Gasteiger partial charge in [0, 0.05) is 13.1 Å². The van der Waals surface area contributed by atoms with Crippen molar-refractivity contribution in [2.45, 2.75) is 103 Å². The number of carbonyl (C=O) groups is 5. The van der Waals surface area contributed by atoms with Gasteiger partial charge in [0.1, 0.15) is 23.7 Å². The summed E-state index contributed by atoms with van der Waals surface area (Å²) < 4.78 is 71.1. The largest absolute Gasteiger partial charge is 0.379 e. The molecule has 0 spiro atoms. The molecule has 2 rings (SSSR count). The van der Waals surface area contributed by atoms with Crippen molar-refractivity contribution in [1.29, 1.82) is 0 Å². The molecule has 0 aliphatic carbocycles. The molecule has 0 aromatic rings. The zero-order valence-corrected chi connectivity index (χ0v) is 28.7. The van der Waals surface area contributed by atoms with Gasteiger partial charge in [-0.1, -0.05) is 27.7 Å². The van der Waals surface area contributed by atoms with Crippen LogP contribution in [0.2, 0.25) is 0 Å². The molecule has 0 aromatic heterocycles. The van der Waals surface area contributed by atoms with E-state index in [1.165, 1.54) is 0 Å². The van der Waals surface area contributed by atoms with E-state index in [1.54, 1.807) is 11.8 Å². The molecule has 5 atom stereocenters. The molecule has 14 nitrogen and oxygen atoms in total. The van der Waals surface area contributed by atoms with Crippen LogP contribution in [-0.4, -0.2) is 130 Å². The van der Waals surface area contributed by atoms with Gasteiger partial charge in [-0.3, -0.25) is 28.9 Å². The fourth-order valence-electron chi connectivity index (χ4n) is 4.88. The number of ether oxygens (including phenoxy) is 4. The Morgan fingerprint density at radius 1 is 0.694 bits per heavy atom. The van der Waals surface area contributed by atoms with E-state index >= 15 is 0 Å². The molecule has 2 aliphatic heterocycles. The van der Waals surface area contributed by atoms with Gasteiger partial charge < -0.3 is 40.2 Å². The van der Waals surface area contributed by atoms with Crippen molar-refractivity contribution in [2.24, 2.45) is 11.8 Å². The Morgan fingerprint density at radius 2 is 1.12 bits per heavy atom. The van der Waals surface area contributed by atoms with Crippen LogP contribution in [0.3, 0.4) is 0 Å². The summed E-state index contributed by atoms with van der Waals surface area (Å²) in [6, 6.07) is -5.77. The first-order valence-corrected chi connectivity index (χ1v) is 16.5. The minimum absolute atomic E-state index is 0.00533. The molecule has 2 aliphatic rings. The van der Waals surface area contributed by atoms with Crippen LogP contribution in [0.5, 0.6) is 0 Å². The molecule has 0 bridgehead atoms. The highest BCUT2D eigenvalue weighted by molar-refractivity contribution is 5.98. The molecule has 2 heterocycles. The van der Waals surface area contributed by atoms with Crippen molar-refractivity contribution in [3.63, 3.8) is 0 Å². The molecule has 49 heavy (non-hydrogen) atoms. The second kappa shape index (κ2) is 20.7. The summed E-state index contributed by atoms with van der Waals surface area (Å²) in [5, 5.41) is 9.64. The van der Waals surface area contributed by atoms with Crippen LogP contribution in [0.25, 0.3) is 0 Å². The van der Waals surface area contributed by atoms with Gasteiger partial charge in [0.25, 0.3) is 0 Å². The Balaban J connectivity index is 2.22. The number of alkyl halides is 4. The molecule has 4 amide bonds. The van der Waals surface area contributed by atoms with Gasteiger partial charge in [-0.2, -0.15) is 17.6 Å². The summed E-state index contributed by atoms with van der Waals surface area (Å²) in [7, 11) is 0. The fourth-order valence-corrected chi connectivity index (χ4v) is 4.88. The number of ketones is 1. The van der Waals surface area contributed by atoms with Gasteiger partial charge in [-0.25, -0.2) is 0 Å². The Bertz CT molecular complexity index is 1090. The molecule has 18 heteroatoms. The molecule has 0 saturated carbocycles. The summed E-state index contributed by atoms with van der Waals surface area (Å²) in [4.78, 5) is 67.7. The number of halogens is 4. The SMILES string of the molecule is CC(C)CCC(NC(=O)C(COC(F)F)NC(=O)CN1CCOCC1)C(=O)NC(COC(F)F)C(=O)NC(CCC(C)C)C(=O)C1(C)CO1. The minimum Gasteiger partial charge on any atom is -0.379 e. The van der Waals surface area contributed by atoms with Gasteiger partial charge in [-0.05, 0) is 44.4 Å². The van der Waals surface area contributed by atoms with Crippen LogP contribution in [0.15, 0.2) is 0 Å². The normalized spacial score (nSPS) is 20.5. The first kappa shape index (κ1) is 42.2. The van der Waals surface area contributed by atoms with Crippen molar-refractivity contribution in [3.05, 3.63) is 0 Å². The van der Waals surface area contributed by atoms with E-state index < -0.39 is 85.6 Å². The lowest BCUT2D eigenvalue weighted by atomic mass is 9.94. The van der Waals surface area contributed by atoms with Crippen molar-refractivity contribution in [3.8, 4) is 0 Å². The lowest BCUT2D eigenvalue weighted by Gasteiger charge is -2.28. The first-order valence-electron chi connectivity index (χ1n) is 16.5. The monoisotopic (exact) mass is 713 g/mol. The van der Waals surface area contributed by atoms with Crippen LogP contribution >= 0.6 is 0 Å². The van der Waals surface area contributed by atoms with E-state index in [1.807, 2.05) is 27.7 Å². The van der Waals surface area contributed by atoms with Crippen LogP contribution in [0.4, 0.5) is 17.6 Å². The molecule has 282 valence electrons. The summed E-state index contributed by atoms with van der Waals surface area (Å²) in [5.41, 5.74) is -1.10. The second-order valence-electron chi connectivity index (χ2n) is 13.2. The quantitative estimate of drug-likeness (QED) is 0.0882. The molecule has 4 N–H and O–H groups in total. The standard InChI is InChI=1S/C31H51F4N5O9/c1-18(2)6-8-20(25(42)31(5)17-49-31)37-28(45)23(16-48-30(34)35)39-26(43)21(9-7-19(3)4)38-27(44)22(15-47-29(32)33)36-24(41)14-40-10-12-46-13-11-40/h18-23,29-30H,6-17H2,1-5H3,(H,36,41)(H,37,45)(H,38,44)(H,39,43). The van der Waals surface area contributed by atoms with Gasteiger partial charge in [0.2, 0.25) is 23.6 Å². The smallest absolute Gasteiger partial charge is 0.345 e. The molecule has 2 saturated heterocycles. The van der Waals surface area contributed by atoms with E-state index in [0.717, 1.165) is 0 Å². The third-order valence-electron chi connectivity index (χ3n) is 7.96. The Hall–Kier alpha value is -2.93. The van der Waals surface area contributed by atoms with E-state index in [9.17, 15) is 41.5 Å². The van der Waals surface area contributed by atoms with Crippen molar-refractivity contribution < 1.29 is 60.5 Å². The van der Waals surface area contributed by atoms with Crippen molar-refractivity contribution in [2.75, 3.05) is 52.7 Å². The summed E-state index contributed by atoms with van der Waals surface area (Å²) >= 11 is 0. The second-order valence-corrected chi connectivity index (χ2v) is 13.2. The lowest BCUT2D eigenvalue weighted by Crippen LogP contribution is -2.60. The third-order valence-corrected chi connectivity index (χ3v) is 7.96. The summed E-state index contributed by atoms with van der Waals surface area (Å²) in [5.74, 6) is -3.84. The van der Waals surface area contributed by atoms with E-state index in [-0.39, 0.29) is 37.8 Å². The topological polar surface area (TPSA) is 177 Å². The van der Waals surface area contributed by atoms with Crippen LogP contribution in [0, 0.1) is 11.8 Å². The molecule has 0 radical (unpaired) electrons. The van der Waals surface area contributed by atoms with Crippen molar-refractivity contribution >= 4 is 29.4 Å². The Morgan fingerprint density at radius 3 is 1.59 bits per heavy atom. The average Bonchev–Trinajstić information content (AvgIpc) is 3.78. The van der Waals surface area contributed by atoms with Gasteiger partial charge in [0.15, 0.2) is 5.78 Å². The van der Waals surface area contributed by atoms with E-state index in [2.05, 4.69) is 30.7 Å². The number of nitrogens with one attached hydrogen (secondary N) is 4. The zero-order chi connectivity index (χ0) is 36.7. The van der Waals surface area contributed by atoms with Crippen LogP contribution in [-0.2, 0) is 42.9 Å². The van der Waals surface area contributed by atoms with Crippen LogP contribution < -0.4 is 21.3 Å². The molecule has 0 aromatic carbocycles. The summed E-state index contributed by atoms with van der Waals surface area (Å²) in [6.45, 7) is 2.32. The number of amides is 4. The molecule has 2 fully saturated rings. The number of hydrogen-bond acceptors (Lipinski definition) is 10. The number of morpholine rings is 1. The Kier molecular flexibility index (Phi) is 17.8. The average molecular weight is 714 g/mol. The number of rotatable bonds is 23. The highest BCUT2D eigenvalue weighted by Crippen LogP contribution is 2.29. The molecular weight excluding hydrogens is 662 g/mol. The van der Waals surface area contributed by atoms with Crippen LogP contribution in [0.1, 0.15) is 60.3 Å². The highest BCUT2D eigenvalue weighted by Gasteiger charge is 2.50. The zero-order valence-electron chi connectivity index (χ0n) is 28.7. The predicted molar refractivity (Wildman–Crippen MR) is 166 cm³/mol. The molecule has 5 unspecified atom stereocenters. The number of nitrogens with zero attached hydrogens (tertiary/aromatic N) is 1.